The van der Waals surface area contributed by atoms with Crippen LogP contribution in [0.5, 0.6) is 0 Å². The molecule has 1 aliphatic heterocycles. The molecule has 5 rings (SSSR count). The molecular weight excluding hydrogens is 262 g/mol. The number of carbonyl (C=O) groups is 1. The summed E-state index contributed by atoms with van der Waals surface area (Å²) in [6.45, 7) is 6.74. The Hall–Kier alpha value is -0.570. The Kier molecular flexibility index (Phi) is 2.84. The molecule has 0 radical (unpaired) electrons. The van der Waals surface area contributed by atoms with Crippen molar-refractivity contribution in [2.45, 2.75) is 58.8 Å². The number of rotatable bonds is 2. The summed E-state index contributed by atoms with van der Waals surface area (Å²) < 4.78 is 0. The van der Waals surface area contributed by atoms with Gasteiger partial charge in [0.05, 0.1) is 5.41 Å². The normalized spacial score (nSPS) is 51.7. The van der Waals surface area contributed by atoms with E-state index in [9.17, 15) is 9.90 Å². The highest BCUT2D eigenvalue weighted by Gasteiger charge is 2.63. The molecule has 0 aromatic heterocycles. The first kappa shape index (κ1) is 14.0. The van der Waals surface area contributed by atoms with Crippen molar-refractivity contribution >= 4 is 5.91 Å². The fraction of sp³-hybridized carbons (Fsp3) is 0.944. The van der Waals surface area contributed by atoms with Crippen molar-refractivity contribution < 1.29 is 9.90 Å². The highest BCUT2D eigenvalue weighted by molar-refractivity contribution is 5.83. The molecule has 118 valence electrons. The predicted molar refractivity (Wildman–Crippen MR) is 81.6 cm³/mol. The van der Waals surface area contributed by atoms with Crippen LogP contribution in [0.3, 0.4) is 0 Å². The van der Waals surface area contributed by atoms with Crippen molar-refractivity contribution in [1.82, 2.24) is 4.90 Å². The van der Waals surface area contributed by atoms with Gasteiger partial charge < -0.3 is 10.0 Å². The minimum absolute atomic E-state index is 0.0622. The lowest BCUT2D eigenvalue weighted by Gasteiger charge is -2.65. The lowest BCUT2D eigenvalue weighted by Crippen LogP contribution is -2.60. The van der Waals surface area contributed by atoms with Crippen LogP contribution in [0.2, 0.25) is 0 Å². The summed E-state index contributed by atoms with van der Waals surface area (Å²) in [5.74, 6) is 1.52. The number of hydrogen-bond donors (Lipinski definition) is 1. The van der Waals surface area contributed by atoms with E-state index in [2.05, 4.69) is 18.7 Å². The largest absolute Gasteiger partial charge is 0.396 e. The van der Waals surface area contributed by atoms with Gasteiger partial charge in [0.1, 0.15) is 0 Å². The Morgan fingerprint density at radius 1 is 1.14 bits per heavy atom. The molecule has 1 amide bonds. The van der Waals surface area contributed by atoms with Crippen LogP contribution in [0, 0.1) is 28.1 Å². The van der Waals surface area contributed by atoms with Crippen molar-refractivity contribution in [3.05, 3.63) is 0 Å². The second-order valence-electron chi connectivity index (χ2n) is 9.50. The Bertz CT molecular complexity index is 456. The zero-order valence-electron chi connectivity index (χ0n) is 13.5. The van der Waals surface area contributed by atoms with E-state index in [1.165, 1.54) is 19.3 Å². The summed E-state index contributed by atoms with van der Waals surface area (Å²) in [4.78, 5) is 15.4. The summed E-state index contributed by atoms with van der Waals surface area (Å²) in [7, 11) is 0. The average Bonchev–Trinajstić information content (AvgIpc) is 2.81. The fourth-order valence-corrected chi connectivity index (χ4v) is 7.19. The van der Waals surface area contributed by atoms with Gasteiger partial charge in [0.25, 0.3) is 0 Å². The van der Waals surface area contributed by atoms with Crippen LogP contribution >= 0.6 is 0 Å². The Morgan fingerprint density at radius 3 is 2.33 bits per heavy atom. The third-order valence-electron chi connectivity index (χ3n) is 6.91. The number of likely N-dealkylation sites (tertiary alicyclic amines) is 1. The summed E-state index contributed by atoms with van der Waals surface area (Å²) in [6, 6.07) is 0. The van der Waals surface area contributed by atoms with E-state index in [0.717, 1.165) is 44.7 Å². The van der Waals surface area contributed by atoms with Crippen molar-refractivity contribution in [1.29, 1.82) is 0 Å². The zero-order valence-corrected chi connectivity index (χ0v) is 13.5. The molecule has 1 heterocycles. The maximum atomic E-state index is 13.3. The van der Waals surface area contributed by atoms with Gasteiger partial charge in [0.15, 0.2) is 0 Å². The predicted octanol–water partition coefficient (Wildman–Crippen LogP) is 2.82. The molecule has 5 fully saturated rings. The highest BCUT2D eigenvalue weighted by Crippen LogP contribution is 2.69. The van der Waals surface area contributed by atoms with E-state index >= 15 is 0 Å². The van der Waals surface area contributed by atoms with Crippen LogP contribution in [0.4, 0.5) is 0 Å². The molecule has 3 nitrogen and oxygen atoms in total. The average molecular weight is 291 g/mol. The van der Waals surface area contributed by atoms with Gasteiger partial charge in [-0.05, 0) is 61.7 Å². The van der Waals surface area contributed by atoms with Gasteiger partial charge in [-0.25, -0.2) is 0 Å². The second kappa shape index (κ2) is 4.24. The zero-order chi connectivity index (χ0) is 14.9. The van der Waals surface area contributed by atoms with Crippen molar-refractivity contribution in [2.75, 3.05) is 19.7 Å². The number of carbonyl (C=O) groups excluding carboxylic acids is 1. The van der Waals surface area contributed by atoms with Crippen molar-refractivity contribution in [3.63, 3.8) is 0 Å². The van der Waals surface area contributed by atoms with Gasteiger partial charge in [0, 0.05) is 25.6 Å². The minimum atomic E-state index is -0.0622. The fourth-order valence-electron chi connectivity index (χ4n) is 7.19. The molecule has 21 heavy (non-hydrogen) atoms. The number of aliphatic hydroxyl groups excluding tert-OH is 1. The van der Waals surface area contributed by atoms with Gasteiger partial charge in [0.2, 0.25) is 5.91 Å². The first-order chi connectivity index (χ1) is 9.85. The molecule has 4 saturated carbocycles. The van der Waals surface area contributed by atoms with E-state index in [-0.39, 0.29) is 12.0 Å². The van der Waals surface area contributed by atoms with E-state index in [1.807, 2.05) is 0 Å². The molecule has 4 aliphatic carbocycles. The molecule has 0 aromatic rings. The number of nitrogens with zero attached hydrogens (tertiary/aromatic N) is 1. The molecular formula is C18H29NO2. The maximum absolute atomic E-state index is 13.3. The third kappa shape index (κ3) is 2.07. The van der Waals surface area contributed by atoms with Gasteiger partial charge in [-0.2, -0.15) is 0 Å². The smallest absolute Gasteiger partial charge is 0.228 e. The quantitative estimate of drug-likeness (QED) is 0.850. The molecule has 0 spiro atoms. The molecule has 3 unspecified atom stereocenters. The molecule has 3 heteroatoms. The van der Waals surface area contributed by atoms with Gasteiger partial charge in [-0.1, -0.05) is 13.8 Å². The van der Waals surface area contributed by atoms with Crippen LogP contribution < -0.4 is 0 Å². The van der Waals surface area contributed by atoms with E-state index in [1.54, 1.807) is 0 Å². The Labute approximate surface area is 128 Å². The lowest BCUT2D eigenvalue weighted by molar-refractivity contribution is -0.178. The molecule has 3 atom stereocenters. The number of aliphatic hydroxyl groups is 1. The molecule has 0 aromatic carbocycles. The first-order valence-electron chi connectivity index (χ1n) is 8.76. The van der Waals surface area contributed by atoms with E-state index in [4.69, 9.17) is 0 Å². The monoisotopic (exact) mass is 291 g/mol. The highest BCUT2D eigenvalue weighted by atomic mass is 16.3. The lowest BCUT2D eigenvalue weighted by atomic mass is 9.40. The van der Waals surface area contributed by atoms with Crippen LogP contribution in [0.1, 0.15) is 58.8 Å². The van der Waals surface area contributed by atoms with Crippen LogP contribution in [-0.2, 0) is 4.79 Å². The molecule has 1 N–H and O–H groups in total. The van der Waals surface area contributed by atoms with Gasteiger partial charge in [-0.3, -0.25) is 4.79 Å². The summed E-state index contributed by atoms with van der Waals surface area (Å²) >= 11 is 0. The topological polar surface area (TPSA) is 40.5 Å². The minimum Gasteiger partial charge on any atom is -0.396 e. The van der Waals surface area contributed by atoms with E-state index in [0.29, 0.717) is 22.7 Å². The maximum Gasteiger partial charge on any atom is 0.228 e. The van der Waals surface area contributed by atoms with Crippen molar-refractivity contribution in [2.24, 2.45) is 28.1 Å². The van der Waals surface area contributed by atoms with Crippen LogP contribution in [-0.4, -0.2) is 35.6 Å². The van der Waals surface area contributed by atoms with Crippen molar-refractivity contribution in [3.8, 4) is 0 Å². The summed E-state index contributed by atoms with van der Waals surface area (Å²) in [6.07, 6.45) is 8.36. The second-order valence-corrected chi connectivity index (χ2v) is 9.50. The molecule has 4 bridgehead atoms. The van der Waals surface area contributed by atoms with Gasteiger partial charge >= 0.3 is 0 Å². The standard InChI is InChI=1S/C18H29NO2/c1-16-5-14-6-17(2,10-16)12-18(7-14,11-16)15(21)19-4-3-13(8-19)9-20/h13-14,20H,3-12H2,1-2H3. The Balaban J connectivity index is 1.61. The number of hydrogen-bond acceptors (Lipinski definition) is 2. The molecule has 5 aliphatic rings. The SMILES string of the molecule is CC12CC3CC(C)(C1)CC(C(=O)N1CCC(CO)C1)(C3)C2. The summed E-state index contributed by atoms with van der Waals surface area (Å²) in [5.41, 5.74) is 0.743. The van der Waals surface area contributed by atoms with Crippen LogP contribution in [0.25, 0.3) is 0 Å². The van der Waals surface area contributed by atoms with Crippen LogP contribution in [0.15, 0.2) is 0 Å². The first-order valence-corrected chi connectivity index (χ1v) is 8.76. The van der Waals surface area contributed by atoms with E-state index < -0.39 is 0 Å². The summed E-state index contributed by atoms with van der Waals surface area (Å²) in [5, 5.41) is 9.34. The van der Waals surface area contributed by atoms with Gasteiger partial charge in [-0.15, -0.1) is 0 Å². The third-order valence-corrected chi connectivity index (χ3v) is 6.91. The number of amides is 1. The molecule has 1 saturated heterocycles. The Morgan fingerprint density at radius 2 is 1.81 bits per heavy atom.